The second-order valence-corrected chi connectivity index (χ2v) is 9.26. The van der Waals surface area contributed by atoms with Crippen molar-refractivity contribution in [2.24, 2.45) is 0 Å². The summed E-state index contributed by atoms with van der Waals surface area (Å²) in [5.74, 6) is 0. The SMILES string of the molecule is O=S(=O)(O)c1ccc(/C=C/c2ccc(/C=C/c3ccc(S(=O)(=O)O)cc3)cc2)cc1. The molecule has 0 unspecified atom stereocenters. The molecule has 0 radical (unpaired) electrons. The molecule has 0 aliphatic rings. The summed E-state index contributed by atoms with van der Waals surface area (Å²) >= 11 is 0. The Kier molecular flexibility index (Phi) is 6.33. The summed E-state index contributed by atoms with van der Waals surface area (Å²) in [5.41, 5.74) is 3.48. The lowest BCUT2D eigenvalue weighted by molar-refractivity contribution is 0.481. The molecule has 0 aliphatic heterocycles. The number of benzene rings is 3. The smallest absolute Gasteiger partial charge is 0.282 e. The number of hydrogen-bond donors (Lipinski definition) is 2. The van der Waals surface area contributed by atoms with E-state index in [1.54, 1.807) is 24.3 Å². The third-order valence-electron chi connectivity index (χ3n) is 4.23. The van der Waals surface area contributed by atoms with Crippen LogP contribution in [0.15, 0.2) is 82.6 Å². The van der Waals surface area contributed by atoms with Gasteiger partial charge in [-0.3, -0.25) is 9.11 Å². The average molecular weight is 443 g/mol. The van der Waals surface area contributed by atoms with Crippen molar-refractivity contribution >= 4 is 44.5 Å². The van der Waals surface area contributed by atoms with E-state index in [0.29, 0.717) is 0 Å². The summed E-state index contributed by atoms with van der Waals surface area (Å²) in [7, 11) is -8.39. The molecule has 0 bridgehead atoms. The van der Waals surface area contributed by atoms with Crippen LogP contribution in [0.2, 0.25) is 0 Å². The minimum atomic E-state index is -4.19. The van der Waals surface area contributed by atoms with Crippen molar-refractivity contribution < 1.29 is 25.9 Å². The first-order chi connectivity index (χ1) is 14.1. The van der Waals surface area contributed by atoms with E-state index in [9.17, 15) is 16.8 Å². The van der Waals surface area contributed by atoms with Gasteiger partial charge in [-0.25, -0.2) is 0 Å². The van der Waals surface area contributed by atoms with Crippen molar-refractivity contribution in [3.63, 3.8) is 0 Å². The van der Waals surface area contributed by atoms with Crippen LogP contribution >= 0.6 is 0 Å². The molecular weight excluding hydrogens is 424 g/mol. The Morgan fingerprint density at radius 2 is 0.633 bits per heavy atom. The molecule has 3 rings (SSSR count). The van der Waals surface area contributed by atoms with Crippen LogP contribution in [0.25, 0.3) is 24.3 Å². The lowest BCUT2D eigenvalue weighted by Gasteiger charge is -2.00. The highest BCUT2D eigenvalue weighted by atomic mass is 32.2. The van der Waals surface area contributed by atoms with Crippen molar-refractivity contribution in [3.8, 4) is 0 Å². The van der Waals surface area contributed by atoms with Gasteiger partial charge in [0, 0.05) is 0 Å². The summed E-state index contributed by atoms with van der Waals surface area (Å²) in [6.45, 7) is 0. The van der Waals surface area contributed by atoms with Gasteiger partial charge in [-0.05, 0) is 46.5 Å². The maximum absolute atomic E-state index is 11.1. The molecule has 0 aliphatic carbocycles. The zero-order valence-electron chi connectivity index (χ0n) is 15.6. The summed E-state index contributed by atoms with van der Waals surface area (Å²) in [6.07, 6.45) is 7.42. The molecule has 2 N–H and O–H groups in total. The van der Waals surface area contributed by atoms with Gasteiger partial charge in [0.1, 0.15) is 0 Å². The van der Waals surface area contributed by atoms with E-state index in [1.807, 2.05) is 48.6 Å². The van der Waals surface area contributed by atoms with Crippen molar-refractivity contribution in [1.82, 2.24) is 0 Å². The first kappa shape index (κ1) is 21.7. The molecule has 0 amide bonds. The predicted octanol–water partition coefficient (Wildman–Crippen LogP) is 4.52. The standard InChI is InChI=1S/C22H18O6S2/c23-29(24,25)21-13-9-19(10-14-21)7-5-17-1-2-18(4-3-17)6-8-20-11-15-22(16-12-20)30(26,27)28/h1-16H,(H,23,24,25)(H,26,27,28)/b7-5+,8-6+. The van der Waals surface area contributed by atoms with E-state index in [1.165, 1.54) is 24.3 Å². The Hall–Kier alpha value is -3.04. The van der Waals surface area contributed by atoms with Crippen molar-refractivity contribution in [2.75, 3.05) is 0 Å². The fourth-order valence-corrected chi connectivity index (χ4v) is 3.56. The van der Waals surface area contributed by atoms with E-state index < -0.39 is 20.2 Å². The third-order valence-corrected chi connectivity index (χ3v) is 5.96. The molecule has 0 spiro atoms. The van der Waals surface area contributed by atoms with Gasteiger partial charge in [-0.15, -0.1) is 0 Å². The fourth-order valence-electron chi connectivity index (χ4n) is 2.60. The summed E-state index contributed by atoms with van der Waals surface area (Å²) < 4.78 is 62.2. The predicted molar refractivity (Wildman–Crippen MR) is 117 cm³/mol. The van der Waals surface area contributed by atoms with Crippen LogP contribution in [0, 0.1) is 0 Å². The maximum Gasteiger partial charge on any atom is 0.294 e. The van der Waals surface area contributed by atoms with Crippen molar-refractivity contribution in [3.05, 3.63) is 95.1 Å². The Labute approximate surface area is 175 Å². The van der Waals surface area contributed by atoms with Gasteiger partial charge in [-0.1, -0.05) is 72.8 Å². The van der Waals surface area contributed by atoms with Gasteiger partial charge in [0.25, 0.3) is 20.2 Å². The van der Waals surface area contributed by atoms with Crippen LogP contribution in [-0.2, 0) is 20.2 Å². The second kappa shape index (κ2) is 8.76. The van der Waals surface area contributed by atoms with Gasteiger partial charge < -0.3 is 0 Å². The second-order valence-electron chi connectivity index (χ2n) is 6.42. The molecule has 154 valence electrons. The zero-order chi connectivity index (χ0) is 21.8. The quantitative estimate of drug-likeness (QED) is 0.429. The summed E-state index contributed by atoms with van der Waals surface area (Å²) in [5, 5.41) is 0. The van der Waals surface area contributed by atoms with Crippen molar-refractivity contribution in [2.45, 2.75) is 9.79 Å². The molecule has 0 saturated heterocycles. The van der Waals surface area contributed by atoms with Crippen LogP contribution in [0.5, 0.6) is 0 Å². The van der Waals surface area contributed by atoms with E-state index >= 15 is 0 Å². The van der Waals surface area contributed by atoms with Crippen molar-refractivity contribution in [1.29, 1.82) is 0 Å². The van der Waals surface area contributed by atoms with E-state index in [0.717, 1.165) is 22.3 Å². The molecule has 0 fully saturated rings. The number of rotatable bonds is 6. The number of hydrogen-bond acceptors (Lipinski definition) is 4. The summed E-state index contributed by atoms with van der Waals surface area (Å²) in [4.78, 5) is -0.299. The van der Waals surface area contributed by atoms with Gasteiger partial charge in [0.2, 0.25) is 0 Å². The van der Waals surface area contributed by atoms with E-state index in [2.05, 4.69) is 0 Å². The molecule has 30 heavy (non-hydrogen) atoms. The van der Waals surface area contributed by atoms with Gasteiger partial charge >= 0.3 is 0 Å². The first-order valence-electron chi connectivity index (χ1n) is 8.73. The van der Waals surface area contributed by atoms with Crippen LogP contribution < -0.4 is 0 Å². The fraction of sp³-hybridized carbons (Fsp3) is 0. The molecule has 0 atom stereocenters. The zero-order valence-corrected chi connectivity index (χ0v) is 17.2. The molecule has 3 aromatic carbocycles. The highest BCUT2D eigenvalue weighted by Crippen LogP contribution is 2.16. The average Bonchev–Trinajstić information content (AvgIpc) is 2.71. The van der Waals surface area contributed by atoms with Crippen LogP contribution in [0.3, 0.4) is 0 Å². The minimum absolute atomic E-state index is 0.150. The molecular formula is C22H18O6S2. The van der Waals surface area contributed by atoms with Gasteiger partial charge in [-0.2, -0.15) is 16.8 Å². The lowest BCUT2D eigenvalue weighted by Crippen LogP contribution is -1.97. The Morgan fingerprint density at radius 1 is 0.433 bits per heavy atom. The maximum atomic E-state index is 11.1. The molecule has 0 aromatic heterocycles. The van der Waals surface area contributed by atoms with Gasteiger partial charge in [0.05, 0.1) is 9.79 Å². The van der Waals surface area contributed by atoms with Gasteiger partial charge in [0.15, 0.2) is 0 Å². The lowest BCUT2D eigenvalue weighted by atomic mass is 10.1. The van der Waals surface area contributed by atoms with Crippen LogP contribution in [0.4, 0.5) is 0 Å². The van der Waals surface area contributed by atoms with Crippen LogP contribution in [0.1, 0.15) is 22.3 Å². The molecule has 6 nitrogen and oxygen atoms in total. The Bertz CT molecular complexity index is 1180. The highest BCUT2D eigenvalue weighted by molar-refractivity contribution is 7.86. The molecule has 3 aromatic rings. The van der Waals surface area contributed by atoms with E-state index in [4.69, 9.17) is 9.11 Å². The first-order valence-corrected chi connectivity index (χ1v) is 11.6. The largest absolute Gasteiger partial charge is 0.294 e. The normalized spacial score (nSPS) is 12.6. The Morgan fingerprint density at radius 3 is 0.833 bits per heavy atom. The topological polar surface area (TPSA) is 109 Å². The molecule has 0 heterocycles. The summed E-state index contributed by atoms with van der Waals surface area (Å²) in [6, 6.07) is 19.4. The minimum Gasteiger partial charge on any atom is -0.282 e. The van der Waals surface area contributed by atoms with Crippen LogP contribution in [-0.4, -0.2) is 25.9 Å². The Balaban J connectivity index is 1.66. The third kappa shape index (κ3) is 5.98. The molecule has 0 saturated carbocycles. The monoisotopic (exact) mass is 442 g/mol. The van der Waals surface area contributed by atoms with E-state index in [-0.39, 0.29) is 9.79 Å². The highest BCUT2D eigenvalue weighted by Gasteiger charge is 2.08. The molecule has 8 heteroatoms.